The molecule has 0 saturated carbocycles. The van der Waals surface area contributed by atoms with Crippen molar-refractivity contribution in [1.82, 2.24) is 14.7 Å². The summed E-state index contributed by atoms with van der Waals surface area (Å²) in [5.74, 6) is 0.355. The Hall–Kier alpha value is -1.59. The summed E-state index contributed by atoms with van der Waals surface area (Å²) in [6.45, 7) is 9.42. The summed E-state index contributed by atoms with van der Waals surface area (Å²) in [6, 6.07) is 2.03. The first kappa shape index (κ1) is 14.4. The molecule has 2 aromatic heterocycles. The molecule has 0 aromatic carbocycles. The number of ether oxygens (including phenoxy) is 1. The zero-order valence-corrected chi connectivity index (χ0v) is 12.8. The molecule has 0 amide bonds. The molecule has 0 N–H and O–H groups in total. The lowest BCUT2D eigenvalue weighted by Gasteiger charge is -2.31. The van der Waals surface area contributed by atoms with Crippen molar-refractivity contribution in [2.45, 2.75) is 39.4 Å². The quantitative estimate of drug-likeness (QED) is 0.820. The maximum Gasteiger partial charge on any atom is 0.0947 e. The molecule has 114 valence electrons. The summed E-state index contributed by atoms with van der Waals surface area (Å²) >= 11 is 0. The molecule has 0 saturated heterocycles. The topological polar surface area (TPSA) is 43.4 Å². The molecule has 1 aliphatic heterocycles. The Kier molecular flexibility index (Phi) is 4.41. The molecular formula is C16H23N3O2. The predicted molar refractivity (Wildman–Crippen MR) is 80.0 cm³/mol. The Balaban J connectivity index is 1.77. The highest BCUT2D eigenvalue weighted by atomic mass is 16.5. The van der Waals surface area contributed by atoms with Crippen LogP contribution in [0, 0.1) is 0 Å². The van der Waals surface area contributed by atoms with Crippen LogP contribution >= 0.6 is 0 Å². The van der Waals surface area contributed by atoms with Crippen LogP contribution in [-0.4, -0.2) is 34.4 Å². The van der Waals surface area contributed by atoms with Crippen molar-refractivity contribution in [2.75, 3.05) is 19.8 Å². The SMILES string of the molecule is CCOC[C@H]1CN(Cc2ccoc2)Cc2cn(CC)nc21. The standard InChI is InChI=1S/C16H23N3O2/c1-3-19-10-14-8-18(7-13-5-6-21-11-13)9-15(12-20-4-2)16(14)17-19/h5-6,10-11,15H,3-4,7-9,12H2,1-2H3/t15-/m1/s1. The number of aryl methyl sites for hydroxylation is 1. The molecule has 21 heavy (non-hydrogen) atoms. The lowest BCUT2D eigenvalue weighted by Crippen LogP contribution is -2.34. The van der Waals surface area contributed by atoms with Crippen LogP contribution in [0.25, 0.3) is 0 Å². The Morgan fingerprint density at radius 3 is 3.05 bits per heavy atom. The van der Waals surface area contributed by atoms with E-state index < -0.39 is 0 Å². The first-order valence-corrected chi connectivity index (χ1v) is 7.67. The summed E-state index contributed by atoms with van der Waals surface area (Å²) in [5, 5.41) is 4.73. The van der Waals surface area contributed by atoms with Gasteiger partial charge in [0.2, 0.25) is 0 Å². The monoisotopic (exact) mass is 289 g/mol. The molecule has 0 aliphatic carbocycles. The van der Waals surface area contributed by atoms with E-state index in [4.69, 9.17) is 14.3 Å². The predicted octanol–water partition coefficient (Wildman–Crippen LogP) is 2.63. The Morgan fingerprint density at radius 1 is 1.43 bits per heavy atom. The van der Waals surface area contributed by atoms with Crippen molar-refractivity contribution in [3.8, 4) is 0 Å². The summed E-state index contributed by atoms with van der Waals surface area (Å²) < 4.78 is 12.9. The molecule has 3 heterocycles. The van der Waals surface area contributed by atoms with Gasteiger partial charge in [0.15, 0.2) is 0 Å². The number of fused-ring (bicyclic) bond motifs is 1. The highest BCUT2D eigenvalue weighted by molar-refractivity contribution is 5.25. The van der Waals surface area contributed by atoms with Gasteiger partial charge in [0.05, 0.1) is 24.8 Å². The van der Waals surface area contributed by atoms with Gasteiger partial charge in [-0.1, -0.05) is 0 Å². The van der Waals surface area contributed by atoms with Gasteiger partial charge < -0.3 is 9.15 Å². The van der Waals surface area contributed by atoms with Gasteiger partial charge >= 0.3 is 0 Å². The highest BCUT2D eigenvalue weighted by Crippen LogP contribution is 2.28. The van der Waals surface area contributed by atoms with E-state index in [1.807, 2.05) is 23.9 Å². The van der Waals surface area contributed by atoms with Gasteiger partial charge in [0, 0.05) is 56.0 Å². The minimum absolute atomic E-state index is 0.355. The molecule has 1 atom stereocenters. The lowest BCUT2D eigenvalue weighted by atomic mass is 9.97. The third kappa shape index (κ3) is 3.19. The minimum atomic E-state index is 0.355. The van der Waals surface area contributed by atoms with Crippen LogP contribution in [0.4, 0.5) is 0 Å². The van der Waals surface area contributed by atoms with Crippen LogP contribution in [0.5, 0.6) is 0 Å². The maximum absolute atomic E-state index is 5.66. The zero-order valence-electron chi connectivity index (χ0n) is 12.8. The zero-order chi connectivity index (χ0) is 14.7. The molecule has 5 heteroatoms. The summed E-state index contributed by atoms with van der Waals surface area (Å²) in [6.07, 6.45) is 5.73. The van der Waals surface area contributed by atoms with Gasteiger partial charge in [0.25, 0.3) is 0 Å². The van der Waals surface area contributed by atoms with Gasteiger partial charge in [0.1, 0.15) is 0 Å². The van der Waals surface area contributed by atoms with Crippen LogP contribution in [0.1, 0.15) is 36.6 Å². The summed E-state index contributed by atoms with van der Waals surface area (Å²) in [4.78, 5) is 2.44. The van der Waals surface area contributed by atoms with Crippen molar-refractivity contribution < 1.29 is 9.15 Å². The fourth-order valence-electron chi connectivity index (χ4n) is 2.96. The number of hydrogen-bond acceptors (Lipinski definition) is 4. The van der Waals surface area contributed by atoms with Gasteiger partial charge in [-0.2, -0.15) is 5.10 Å². The van der Waals surface area contributed by atoms with Crippen LogP contribution in [0.15, 0.2) is 29.2 Å². The second kappa shape index (κ2) is 6.45. The van der Waals surface area contributed by atoms with E-state index in [-0.39, 0.29) is 0 Å². The fourth-order valence-corrected chi connectivity index (χ4v) is 2.96. The van der Waals surface area contributed by atoms with Gasteiger partial charge in [-0.3, -0.25) is 9.58 Å². The van der Waals surface area contributed by atoms with Gasteiger partial charge in [-0.15, -0.1) is 0 Å². The number of rotatable bonds is 6. The second-order valence-corrected chi connectivity index (χ2v) is 5.55. The number of nitrogens with zero attached hydrogens (tertiary/aromatic N) is 3. The van der Waals surface area contributed by atoms with E-state index in [0.29, 0.717) is 5.92 Å². The van der Waals surface area contributed by atoms with Crippen molar-refractivity contribution in [1.29, 1.82) is 0 Å². The number of hydrogen-bond donors (Lipinski definition) is 0. The average molecular weight is 289 g/mol. The molecular weight excluding hydrogens is 266 g/mol. The molecule has 0 spiro atoms. The summed E-state index contributed by atoms with van der Waals surface area (Å²) in [7, 11) is 0. The van der Waals surface area contributed by atoms with Crippen molar-refractivity contribution >= 4 is 0 Å². The largest absolute Gasteiger partial charge is 0.472 e. The maximum atomic E-state index is 5.66. The lowest BCUT2D eigenvalue weighted by molar-refractivity contribution is 0.104. The molecule has 0 fully saturated rings. The van der Waals surface area contributed by atoms with Crippen LogP contribution in [0.3, 0.4) is 0 Å². The van der Waals surface area contributed by atoms with Crippen LogP contribution in [0.2, 0.25) is 0 Å². The van der Waals surface area contributed by atoms with Gasteiger partial charge in [-0.25, -0.2) is 0 Å². The third-order valence-electron chi connectivity index (χ3n) is 3.96. The van der Waals surface area contributed by atoms with Crippen LogP contribution < -0.4 is 0 Å². The van der Waals surface area contributed by atoms with Gasteiger partial charge in [-0.05, 0) is 19.9 Å². The Morgan fingerprint density at radius 2 is 2.33 bits per heavy atom. The first-order valence-electron chi connectivity index (χ1n) is 7.67. The van der Waals surface area contributed by atoms with Crippen molar-refractivity contribution in [3.63, 3.8) is 0 Å². The fraction of sp³-hybridized carbons (Fsp3) is 0.562. The molecule has 0 unspecified atom stereocenters. The molecule has 0 bridgehead atoms. The third-order valence-corrected chi connectivity index (χ3v) is 3.96. The first-order chi connectivity index (χ1) is 10.3. The molecule has 1 aliphatic rings. The van der Waals surface area contributed by atoms with Crippen LogP contribution in [-0.2, 0) is 24.4 Å². The highest BCUT2D eigenvalue weighted by Gasteiger charge is 2.28. The Labute approximate surface area is 125 Å². The van der Waals surface area contributed by atoms with E-state index in [2.05, 4.69) is 18.0 Å². The van der Waals surface area contributed by atoms with E-state index in [0.717, 1.165) is 39.4 Å². The average Bonchev–Trinajstić information content (AvgIpc) is 3.13. The minimum Gasteiger partial charge on any atom is -0.472 e. The second-order valence-electron chi connectivity index (χ2n) is 5.55. The molecule has 2 aromatic rings. The van der Waals surface area contributed by atoms with Crippen molar-refractivity contribution in [2.24, 2.45) is 0 Å². The molecule has 0 radical (unpaired) electrons. The van der Waals surface area contributed by atoms with E-state index in [1.54, 1.807) is 6.26 Å². The van der Waals surface area contributed by atoms with E-state index in [1.165, 1.54) is 16.8 Å². The number of furan rings is 1. The summed E-state index contributed by atoms with van der Waals surface area (Å²) in [5.41, 5.74) is 3.77. The normalized spacial score (nSPS) is 18.9. The van der Waals surface area contributed by atoms with E-state index >= 15 is 0 Å². The molecule has 3 rings (SSSR count). The number of aromatic nitrogens is 2. The molecule has 5 nitrogen and oxygen atoms in total. The van der Waals surface area contributed by atoms with E-state index in [9.17, 15) is 0 Å². The Bertz CT molecular complexity index is 562. The van der Waals surface area contributed by atoms with Crippen molar-refractivity contribution in [3.05, 3.63) is 41.6 Å². The smallest absolute Gasteiger partial charge is 0.0947 e.